The molecule has 2 nitrogen and oxygen atoms in total. The zero-order valence-electron chi connectivity index (χ0n) is 7.87. The summed E-state index contributed by atoms with van der Waals surface area (Å²) < 4.78 is 2.01. The van der Waals surface area contributed by atoms with Gasteiger partial charge in [0.2, 0.25) is 0 Å². The van der Waals surface area contributed by atoms with Crippen molar-refractivity contribution in [2.24, 2.45) is 0 Å². The average molecular weight is 165 g/mol. The van der Waals surface area contributed by atoms with Crippen LogP contribution in [0.15, 0.2) is 18.3 Å². The van der Waals surface area contributed by atoms with Gasteiger partial charge in [0.25, 0.3) is 0 Å². The molecule has 0 atom stereocenters. The first-order valence-corrected chi connectivity index (χ1v) is 4.25. The molecule has 1 aromatic rings. The quantitative estimate of drug-likeness (QED) is 0.630. The normalized spacial score (nSPS) is 11.6. The molecule has 0 radical (unpaired) electrons. The van der Waals surface area contributed by atoms with Crippen LogP contribution in [0.3, 0.4) is 0 Å². The number of carbonyl (C=O) groups excluding carboxylic acids is 1. The summed E-state index contributed by atoms with van der Waals surface area (Å²) in [5.41, 5.74) is 0.793. The van der Waals surface area contributed by atoms with E-state index in [4.69, 9.17) is 0 Å². The van der Waals surface area contributed by atoms with Gasteiger partial charge in [-0.1, -0.05) is 6.92 Å². The van der Waals surface area contributed by atoms with Crippen molar-refractivity contribution in [3.05, 3.63) is 24.0 Å². The highest BCUT2D eigenvalue weighted by atomic mass is 16.1. The van der Waals surface area contributed by atoms with E-state index in [9.17, 15) is 4.79 Å². The van der Waals surface area contributed by atoms with Crippen LogP contribution in [-0.4, -0.2) is 10.9 Å². The van der Waals surface area contributed by atoms with Crippen LogP contribution in [0.1, 0.15) is 37.7 Å². The van der Waals surface area contributed by atoms with E-state index < -0.39 is 0 Å². The fraction of sp³-hybridized carbons (Fsp3) is 0.500. The Kier molecular flexibility index (Phi) is 2.36. The van der Waals surface area contributed by atoms with Gasteiger partial charge in [-0.15, -0.1) is 0 Å². The molecular formula is C10H15NO. The van der Waals surface area contributed by atoms with Crippen molar-refractivity contribution >= 4 is 6.29 Å². The number of nitrogens with zero attached hydrogens (tertiary/aromatic N) is 1. The molecule has 0 unspecified atom stereocenters. The molecule has 12 heavy (non-hydrogen) atoms. The third kappa shape index (κ3) is 1.42. The van der Waals surface area contributed by atoms with Crippen LogP contribution in [-0.2, 0) is 5.54 Å². The highest BCUT2D eigenvalue weighted by Crippen LogP contribution is 2.21. The molecule has 1 aromatic heterocycles. The van der Waals surface area contributed by atoms with Gasteiger partial charge in [0.05, 0.1) is 5.69 Å². The minimum atomic E-state index is 0.0414. The van der Waals surface area contributed by atoms with Crippen LogP contribution in [0.25, 0.3) is 0 Å². The largest absolute Gasteiger partial charge is 0.340 e. The van der Waals surface area contributed by atoms with Gasteiger partial charge in [0.1, 0.15) is 0 Å². The molecule has 0 aliphatic rings. The third-order valence-corrected chi connectivity index (χ3v) is 2.42. The summed E-state index contributed by atoms with van der Waals surface area (Å²) in [6, 6.07) is 3.74. The van der Waals surface area contributed by atoms with Gasteiger partial charge in [0, 0.05) is 11.7 Å². The van der Waals surface area contributed by atoms with Crippen molar-refractivity contribution in [1.29, 1.82) is 0 Å². The number of hydrogen-bond acceptors (Lipinski definition) is 1. The summed E-state index contributed by atoms with van der Waals surface area (Å²) >= 11 is 0. The fourth-order valence-corrected chi connectivity index (χ4v) is 1.21. The van der Waals surface area contributed by atoms with E-state index in [2.05, 4.69) is 20.8 Å². The van der Waals surface area contributed by atoms with Gasteiger partial charge < -0.3 is 4.57 Å². The van der Waals surface area contributed by atoms with E-state index in [-0.39, 0.29) is 5.54 Å². The molecule has 1 heterocycles. The number of carbonyl (C=O) groups is 1. The van der Waals surface area contributed by atoms with Gasteiger partial charge in [-0.2, -0.15) is 0 Å². The molecule has 0 aromatic carbocycles. The molecule has 1 rings (SSSR count). The Morgan fingerprint density at radius 1 is 1.58 bits per heavy atom. The zero-order valence-corrected chi connectivity index (χ0v) is 7.87. The molecule has 0 saturated carbocycles. The number of rotatable bonds is 3. The summed E-state index contributed by atoms with van der Waals surface area (Å²) in [7, 11) is 0. The van der Waals surface area contributed by atoms with Crippen molar-refractivity contribution in [1.82, 2.24) is 4.57 Å². The Morgan fingerprint density at radius 2 is 2.25 bits per heavy atom. The lowest BCUT2D eigenvalue weighted by atomic mass is 10.0. The van der Waals surface area contributed by atoms with Crippen molar-refractivity contribution in [3.8, 4) is 0 Å². The van der Waals surface area contributed by atoms with Crippen molar-refractivity contribution in [3.63, 3.8) is 0 Å². The van der Waals surface area contributed by atoms with E-state index >= 15 is 0 Å². The maximum absolute atomic E-state index is 10.6. The van der Waals surface area contributed by atoms with E-state index in [1.807, 2.05) is 22.9 Å². The van der Waals surface area contributed by atoms with E-state index in [1.54, 1.807) is 0 Å². The molecule has 0 aliphatic heterocycles. The lowest BCUT2D eigenvalue weighted by Crippen LogP contribution is -2.25. The topological polar surface area (TPSA) is 22.0 Å². The molecule has 0 fully saturated rings. The van der Waals surface area contributed by atoms with E-state index in [0.29, 0.717) is 0 Å². The SMILES string of the molecule is CCC(C)(C)n1cccc1C=O. The minimum Gasteiger partial charge on any atom is -0.340 e. The Balaban J connectivity index is 3.08. The van der Waals surface area contributed by atoms with Crippen molar-refractivity contribution in [2.45, 2.75) is 32.7 Å². The van der Waals surface area contributed by atoms with Crippen LogP contribution in [0, 0.1) is 0 Å². The summed E-state index contributed by atoms with van der Waals surface area (Å²) in [4.78, 5) is 10.6. The number of aldehydes is 1. The molecule has 0 amide bonds. The van der Waals surface area contributed by atoms with Gasteiger partial charge in [-0.25, -0.2) is 0 Å². The lowest BCUT2D eigenvalue weighted by Gasteiger charge is -2.26. The Hall–Kier alpha value is -1.05. The van der Waals surface area contributed by atoms with Gasteiger partial charge in [0.15, 0.2) is 6.29 Å². The van der Waals surface area contributed by atoms with E-state index in [1.165, 1.54) is 0 Å². The van der Waals surface area contributed by atoms with E-state index in [0.717, 1.165) is 18.4 Å². The summed E-state index contributed by atoms with van der Waals surface area (Å²) in [5.74, 6) is 0. The molecule has 0 N–H and O–H groups in total. The second-order valence-electron chi connectivity index (χ2n) is 3.59. The number of aromatic nitrogens is 1. The maximum Gasteiger partial charge on any atom is 0.166 e. The van der Waals surface area contributed by atoms with Gasteiger partial charge >= 0.3 is 0 Å². The maximum atomic E-state index is 10.6. The average Bonchev–Trinajstić information content (AvgIpc) is 2.52. The smallest absolute Gasteiger partial charge is 0.166 e. The Morgan fingerprint density at radius 3 is 2.75 bits per heavy atom. The van der Waals surface area contributed by atoms with Crippen LogP contribution in [0.4, 0.5) is 0 Å². The Labute approximate surface area is 73.2 Å². The first kappa shape index (κ1) is 9.04. The predicted molar refractivity (Wildman–Crippen MR) is 49.4 cm³/mol. The monoisotopic (exact) mass is 165 g/mol. The summed E-state index contributed by atoms with van der Waals surface area (Å²) in [6.45, 7) is 6.37. The molecule has 66 valence electrons. The molecule has 0 bridgehead atoms. The highest BCUT2D eigenvalue weighted by Gasteiger charge is 2.18. The van der Waals surface area contributed by atoms with Gasteiger partial charge in [-0.05, 0) is 32.4 Å². The predicted octanol–water partition coefficient (Wildman–Crippen LogP) is 2.45. The Bertz CT molecular complexity index is 273. The summed E-state index contributed by atoms with van der Waals surface area (Å²) in [6.07, 6.45) is 3.87. The second kappa shape index (κ2) is 3.13. The van der Waals surface area contributed by atoms with Crippen molar-refractivity contribution in [2.75, 3.05) is 0 Å². The second-order valence-corrected chi connectivity index (χ2v) is 3.59. The summed E-state index contributed by atoms with van der Waals surface area (Å²) in [5, 5.41) is 0. The fourth-order valence-electron chi connectivity index (χ4n) is 1.21. The molecule has 2 heteroatoms. The third-order valence-electron chi connectivity index (χ3n) is 2.42. The van der Waals surface area contributed by atoms with Crippen LogP contribution in [0.5, 0.6) is 0 Å². The van der Waals surface area contributed by atoms with Crippen LogP contribution in [0.2, 0.25) is 0 Å². The standard InChI is InChI=1S/C10H15NO/c1-4-10(2,3)11-7-5-6-9(11)8-12/h5-8H,4H2,1-3H3. The number of hydrogen-bond donors (Lipinski definition) is 0. The zero-order chi connectivity index (χ0) is 9.19. The first-order chi connectivity index (χ1) is 5.61. The van der Waals surface area contributed by atoms with Crippen molar-refractivity contribution < 1.29 is 4.79 Å². The highest BCUT2D eigenvalue weighted by molar-refractivity contribution is 5.72. The molecule has 0 saturated heterocycles. The van der Waals surface area contributed by atoms with Gasteiger partial charge in [-0.3, -0.25) is 4.79 Å². The molecular weight excluding hydrogens is 150 g/mol. The lowest BCUT2D eigenvalue weighted by molar-refractivity contribution is 0.110. The molecule has 0 aliphatic carbocycles. The van der Waals surface area contributed by atoms with Crippen LogP contribution >= 0.6 is 0 Å². The van der Waals surface area contributed by atoms with Crippen LogP contribution < -0.4 is 0 Å². The molecule has 0 spiro atoms. The minimum absolute atomic E-state index is 0.0414. The first-order valence-electron chi connectivity index (χ1n) is 4.25.